The second-order valence-corrected chi connectivity index (χ2v) is 6.23. The summed E-state index contributed by atoms with van der Waals surface area (Å²) >= 11 is 5.86. The zero-order chi connectivity index (χ0) is 15.2. The summed E-state index contributed by atoms with van der Waals surface area (Å²) in [4.78, 5) is 14.2. The normalized spacial score (nSPS) is 19.4. The molecule has 1 N–H and O–H groups in total. The Balaban J connectivity index is 2.06. The largest absolute Gasteiger partial charge is 0.372 e. The predicted molar refractivity (Wildman–Crippen MR) is 83.7 cm³/mol. The molecule has 1 aliphatic rings. The summed E-state index contributed by atoms with van der Waals surface area (Å²) in [7, 11) is 0. The summed E-state index contributed by atoms with van der Waals surface area (Å²) in [6, 6.07) is 14.3. The molecule has 4 heteroatoms. The van der Waals surface area contributed by atoms with Crippen molar-refractivity contribution in [1.29, 1.82) is 0 Å². The topological polar surface area (TPSA) is 40.5 Å². The highest BCUT2D eigenvalue weighted by atomic mass is 35.5. The number of rotatable bonds is 1. The number of hydrogen-bond donors (Lipinski definition) is 1. The third-order valence-electron chi connectivity index (χ3n) is 4.06. The number of benzene rings is 2. The maximum absolute atomic E-state index is 12.7. The summed E-state index contributed by atoms with van der Waals surface area (Å²) in [5.41, 5.74) is 1.74. The maximum atomic E-state index is 12.7. The third kappa shape index (κ3) is 2.13. The molecule has 1 heterocycles. The Hall–Kier alpha value is -1.84. The van der Waals surface area contributed by atoms with Crippen molar-refractivity contribution in [2.24, 2.45) is 0 Å². The fourth-order valence-electron chi connectivity index (χ4n) is 2.77. The van der Waals surface area contributed by atoms with E-state index < -0.39 is 11.6 Å². The summed E-state index contributed by atoms with van der Waals surface area (Å²) in [6.45, 7) is 3.87. The standard InChI is InChI=1S/C17H16ClNO2/c1-17(2)13-5-3-4-6-14(13)19(16(17)21)15(20)11-7-9-12(18)10-8-11/h3-10,16,21H,1-2H3. The minimum Gasteiger partial charge on any atom is -0.372 e. The highest BCUT2D eigenvalue weighted by molar-refractivity contribution is 6.30. The Morgan fingerprint density at radius 2 is 1.76 bits per heavy atom. The van der Waals surface area contributed by atoms with Gasteiger partial charge in [-0.3, -0.25) is 9.69 Å². The van der Waals surface area contributed by atoms with Crippen LogP contribution in [-0.4, -0.2) is 17.2 Å². The van der Waals surface area contributed by atoms with Crippen molar-refractivity contribution in [2.45, 2.75) is 25.5 Å². The van der Waals surface area contributed by atoms with Gasteiger partial charge in [-0.2, -0.15) is 0 Å². The maximum Gasteiger partial charge on any atom is 0.260 e. The number of halogens is 1. The minimum absolute atomic E-state index is 0.225. The molecule has 108 valence electrons. The van der Waals surface area contributed by atoms with Crippen LogP contribution in [0.2, 0.25) is 5.02 Å². The number of anilines is 1. The lowest BCUT2D eigenvalue weighted by atomic mass is 9.85. The van der Waals surface area contributed by atoms with Gasteiger partial charge in [0, 0.05) is 16.0 Å². The van der Waals surface area contributed by atoms with Crippen LogP contribution in [0.25, 0.3) is 0 Å². The Morgan fingerprint density at radius 1 is 1.14 bits per heavy atom. The van der Waals surface area contributed by atoms with E-state index in [0.29, 0.717) is 10.6 Å². The van der Waals surface area contributed by atoms with E-state index >= 15 is 0 Å². The molecular formula is C17H16ClNO2. The van der Waals surface area contributed by atoms with Crippen molar-refractivity contribution < 1.29 is 9.90 Å². The summed E-state index contributed by atoms with van der Waals surface area (Å²) in [5.74, 6) is -0.225. The van der Waals surface area contributed by atoms with Crippen LogP contribution in [0.3, 0.4) is 0 Å². The van der Waals surface area contributed by atoms with Crippen LogP contribution in [0.1, 0.15) is 29.8 Å². The highest BCUT2D eigenvalue weighted by Crippen LogP contribution is 2.44. The molecule has 0 aromatic heterocycles. The van der Waals surface area contributed by atoms with Crippen molar-refractivity contribution in [3.8, 4) is 0 Å². The smallest absolute Gasteiger partial charge is 0.260 e. The van der Waals surface area contributed by atoms with Gasteiger partial charge in [-0.05, 0) is 35.9 Å². The molecule has 0 bridgehead atoms. The Bertz CT molecular complexity index is 694. The number of carbonyl (C=O) groups is 1. The van der Waals surface area contributed by atoms with Crippen LogP contribution in [0.15, 0.2) is 48.5 Å². The van der Waals surface area contributed by atoms with Gasteiger partial charge in [0.1, 0.15) is 6.23 Å². The molecule has 2 aromatic rings. The van der Waals surface area contributed by atoms with Gasteiger partial charge >= 0.3 is 0 Å². The monoisotopic (exact) mass is 301 g/mol. The lowest BCUT2D eigenvalue weighted by Gasteiger charge is -2.28. The summed E-state index contributed by atoms with van der Waals surface area (Å²) in [5, 5.41) is 11.2. The lowest BCUT2D eigenvalue weighted by Crippen LogP contribution is -2.44. The van der Waals surface area contributed by atoms with Crippen LogP contribution in [0.4, 0.5) is 5.69 Å². The molecule has 21 heavy (non-hydrogen) atoms. The molecule has 2 aromatic carbocycles. The Morgan fingerprint density at radius 3 is 2.43 bits per heavy atom. The van der Waals surface area contributed by atoms with E-state index in [1.54, 1.807) is 24.3 Å². The van der Waals surface area contributed by atoms with Gasteiger partial charge in [0.25, 0.3) is 5.91 Å². The third-order valence-corrected chi connectivity index (χ3v) is 4.31. The van der Waals surface area contributed by atoms with E-state index in [4.69, 9.17) is 11.6 Å². The Kier molecular flexibility index (Phi) is 3.27. The number of hydrogen-bond acceptors (Lipinski definition) is 2. The molecule has 0 aliphatic carbocycles. The molecule has 1 atom stereocenters. The van der Waals surface area contributed by atoms with Crippen LogP contribution in [0, 0.1) is 0 Å². The predicted octanol–water partition coefficient (Wildman–Crippen LogP) is 3.60. The van der Waals surface area contributed by atoms with Gasteiger partial charge < -0.3 is 5.11 Å². The zero-order valence-electron chi connectivity index (χ0n) is 11.9. The van der Waals surface area contributed by atoms with E-state index in [9.17, 15) is 9.90 Å². The Labute approximate surface area is 128 Å². The van der Waals surface area contributed by atoms with Crippen molar-refractivity contribution in [3.63, 3.8) is 0 Å². The van der Waals surface area contributed by atoms with E-state index in [1.807, 2.05) is 38.1 Å². The second kappa shape index (κ2) is 4.86. The number of fused-ring (bicyclic) bond motifs is 1. The minimum atomic E-state index is -0.891. The molecule has 1 unspecified atom stereocenters. The number of aliphatic hydroxyl groups is 1. The summed E-state index contributed by atoms with van der Waals surface area (Å²) in [6.07, 6.45) is -0.891. The zero-order valence-corrected chi connectivity index (χ0v) is 12.6. The van der Waals surface area contributed by atoms with Gasteiger partial charge in [-0.1, -0.05) is 43.6 Å². The molecule has 0 fully saturated rings. The fraction of sp³-hybridized carbons (Fsp3) is 0.235. The molecule has 1 amide bonds. The first-order valence-corrected chi connectivity index (χ1v) is 7.17. The lowest BCUT2D eigenvalue weighted by molar-refractivity contribution is 0.0780. The summed E-state index contributed by atoms with van der Waals surface area (Å²) < 4.78 is 0. The molecule has 1 aliphatic heterocycles. The molecule has 0 radical (unpaired) electrons. The average molecular weight is 302 g/mol. The SMILES string of the molecule is CC1(C)c2ccccc2N(C(=O)c2ccc(Cl)cc2)C1O. The molecule has 0 saturated carbocycles. The van der Waals surface area contributed by atoms with Crippen LogP contribution < -0.4 is 4.90 Å². The average Bonchev–Trinajstić information content (AvgIpc) is 2.67. The van der Waals surface area contributed by atoms with E-state index in [2.05, 4.69) is 0 Å². The van der Waals surface area contributed by atoms with Gasteiger partial charge in [0.15, 0.2) is 0 Å². The molecule has 0 saturated heterocycles. The quantitative estimate of drug-likeness (QED) is 0.874. The van der Waals surface area contributed by atoms with Gasteiger partial charge in [0.2, 0.25) is 0 Å². The molecule has 3 rings (SSSR count). The van der Waals surface area contributed by atoms with Gasteiger partial charge in [0.05, 0.1) is 5.69 Å². The number of carbonyl (C=O) groups excluding carboxylic acids is 1. The molecule has 3 nitrogen and oxygen atoms in total. The number of aliphatic hydroxyl groups excluding tert-OH is 1. The second-order valence-electron chi connectivity index (χ2n) is 5.79. The highest BCUT2D eigenvalue weighted by Gasteiger charge is 2.46. The van der Waals surface area contributed by atoms with Crippen LogP contribution in [-0.2, 0) is 5.41 Å². The van der Waals surface area contributed by atoms with Crippen molar-refractivity contribution in [3.05, 3.63) is 64.7 Å². The first kappa shape index (κ1) is 14.1. The number of amides is 1. The van der Waals surface area contributed by atoms with Crippen molar-refractivity contribution in [2.75, 3.05) is 4.90 Å². The first-order valence-electron chi connectivity index (χ1n) is 6.79. The van der Waals surface area contributed by atoms with Gasteiger partial charge in [-0.15, -0.1) is 0 Å². The fourth-order valence-corrected chi connectivity index (χ4v) is 2.90. The van der Waals surface area contributed by atoms with Crippen LogP contribution in [0.5, 0.6) is 0 Å². The van der Waals surface area contributed by atoms with E-state index in [1.165, 1.54) is 4.90 Å². The molecule has 0 spiro atoms. The van der Waals surface area contributed by atoms with E-state index in [0.717, 1.165) is 11.3 Å². The van der Waals surface area contributed by atoms with E-state index in [-0.39, 0.29) is 5.91 Å². The molecular weight excluding hydrogens is 286 g/mol. The van der Waals surface area contributed by atoms with Crippen molar-refractivity contribution in [1.82, 2.24) is 0 Å². The number of para-hydroxylation sites is 1. The number of nitrogens with zero attached hydrogens (tertiary/aromatic N) is 1. The van der Waals surface area contributed by atoms with Crippen molar-refractivity contribution >= 4 is 23.2 Å². The van der Waals surface area contributed by atoms with Crippen LogP contribution >= 0.6 is 11.6 Å². The first-order chi connectivity index (χ1) is 9.93. The van der Waals surface area contributed by atoms with Gasteiger partial charge in [-0.25, -0.2) is 0 Å².